The summed E-state index contributed by atoms with van der Waals surface area (Å²) in [4.78, 5) is 25.9. The van der Waals surface area contributed by atoms with Crippen molar-refractivity contribution in [2.24, 2.45) is 0 Å². The van der Waals surface area contributed by atoms with Gasteiger partial charge in [-0.05, 0) is 25.0 Å². The third kappa shape index (κ3) is 2.88. The molecule has 114 valence electrons. The normalized spacial score (nSPS) is 19.4. The molecule has 0 unspecified atom stereocenters. The van der Waals surface area contributed by atoms with Crippen molar-refractivity contribution in [2.45, 2.75) is 23.8 Å². The first-order chi connectivity index (χ1) is 9.87. The highest BCUT2D eigenvalue weighted by Crippen LogP contribution is 2.25. The number of pyridine rings is 1. The first-order valence-corrected chi connectivity index (χ1v) is 7.61. The van der Waals surface area contributed by atoms with E-state index < -0.39 is 28.0 Å². The molecule has 0 aromatic carbocycles. The standard InChI is InChI=1S/C12H14N2O6S/c1-20-12(17)9-5-4-8(7-13-9)21(18,19)14-6-2-3-10(14)11(15)16/h4-5,7,10H,2-3,6H2,1H3,(H,15,16)/t10-/m0/s1. The van der Waals surface area contributed by atoms with E-state index in [9.17, 15) is 18.0 Å². The van der Waals surface area contributed by atoms with E-state index in [1.54, 1.807) is 0 Å². The van der Waals surface area contributed by atoms with Gasteiger partial charge < -0.3 is 9.84 Å². The molecule has 1 aromatic rings. The number of carbonyl (C=O) groups is 2. The number of hydrogen-bond acceptors (Lipinski definition) is 6. The number of carboxylic acid groups (broad SMARTS) is 1. The van der Waals surface area contributed by atoms with Crippen molar-refractivity contribution in [1.82, 2.24) is 9.29 Å². The molecule has 8 nitrogen and oxygen atoms in total. The lowest BCUT2D eigenvalue weighted by Gasteiger charge is -2.20. The van der Waals surface area contributed by atoms with E-state index in [-0.39, 0.29) is 23.6 Å². The van der Waals surface area contributed by atoms with Crippen LogP contribution in [0.2, 0.25) is 0 Å². The van der Waals surface area contributed by atoms with Crippen molar-refractivity contribution in [3.05, 3.63) is 24.0 Å². The van der Waals surface area contributed by atoms with Crippen molar-refractivity contribution < 1.29 is 27.9 Å². The molecular formula is C12H14N2O6S. The number of ether oxygens (including phenoxy) is 1. The van der Waals surface area contributed by atoms with Crippen LogP contribution in [0.3, 0.4) is 0 Å². The van der Waals surface area contributed by atoms with Gasteiger partial charge in [-0.15, -0.1) is 0 Å². The molecule has 0 aliphatic carbocycles. The van der Waals surface area contributed by atoms with Gasteiger partial charge in [-0.3, -0.25) is 4.79 Å². The van der Waals surface area contributed by atoms with Crippen LogP contribution < -0.4 is 0 Å². The highest BCUT2D eigenvalue weighted by molar-refractivity contribution is 7.89. The zero-order valence-corrected chi connectivity index (χ0v) is 12.0. The predicted octanol–water partition coefficient (Wildman–Crippen LogP) is 0.106. The molecule has 1 saturated heterocycles. The Morgan fingerprint density at radius 1 is 1.43 bits per heavy atom. The molecule has 0 bridgehead atoms. The highest BCUT2D eigenvalue weighted by atomic mass is 32.2. The SMILES string of the molecule is COC(=O)c1ccc(S(=O)(=O)N2CCC[C@H]2C(=O)O)cn1. The van der Waals surface area contributed by atoms with Gasteiger partial charge in [0.25, 0.3) is 0 Å². The number of sulfonamides is 1. The Balaban J connectivity index is 2.31. The molecule has 2 heterocycles. The Hall–Kier alpha value is -2.00. The van der Waals surface area contributed by atoms with Crippen molar-refractivity contribution in [2.75, 3.05) is 13.7 Å². The maximum atomic E-state index is 12.4. The first kappa shape index (κ1) is 15.4. The summed E-state index contributed by atoms with van der Waals surface area (Å²) in [7, 11) is -2.75. The fourth-order valence-corrected chi connectivity index (χ4v) is 3.77. The van der Waals surface area contributed by atoms with Crippen LogP contribution in [-0.2, 0) is 19.6 Å². The number of esters is 1. The Bertz CT molecular complexity index is 655. The maximum Gasteiger partial charge on any atom is 0.356 e. The molecule has 0 saturated carbocycles. The summed E-state index contributed by atoms with van der Waals surface area (Å²) in [5, 5.41) is 9.06. The molecule has 9 heteroatoms. The quantitative estimate of drug-likeness (QED) is 0.784. The topological polar surface area (TPSA) is 114 Å². The lowest BCUT2D eigenvalue weighted by molar-refractivity contribution is -0.140. The zero-order chi connectivity index (χ0) is 15.6. The van der Waals surface area contributed by atoms with Gasteiger partial charge in [0.15, 0.2) is 0 Å². The van der Waals surface area contributed by atoms with E-state index in [1.807, 2.05) is 0 Å². The molecule has 0 spiro atoms. The fourth-order valence-electron chi connectivity index (χ4n) is 2.17. The van der Waals surface area contributed by atoms with E-state index in [0.717, 1.165) is 10.5 Å². The zero-order valence-electron chi connectivity index (χ0n) is 11.2. The molecule has 2 rings (SSSR count). The van der Waals surface area contributed by atoms with Gasteiger partial charge in [0.05, 0.1) is 7.11 Å². The summed E-state index contributed by atoms with van der Waals surface area (Å²) in [6.45, 7) is 0.151. The van der Waals surface area contributed by atoms with Gasteiger partial charge in [0.1, 0.15) is 16.6 Å². The molecule has 0 amide bonds. The van der Waals surface area contributed by atoms with Crippen LogP contribution in [0.15, 0.2) is 23.2 Å². The minimum absolute atomic E-state index is 0.0207. The van der Waals surface area contributed by atoms with Gasteiger partial charge in [-0.25, -0.2) is 18.2 Å². The molecule has 1 atom stereocenters. The largest absolute Gasteiger partial charge is 0.480 e. The number of nitrogens with zero attached hydrogens (tertiary/aromatic N) is 2. The van der Waals surface area contributed by atoms with Gasteiger partial charge in [-0.2, -0.15) is 4.31 Å². The van der Waals surface area contributed by atoms with Gasteiger partial charge in [0, 0.05) is 12.7 Å². The molecule has 1 fully saturated rings. The smallest absolute Gasteiger partial charge is 0.356 e. The number of carbonyl (C=O) groups excluding carboxylic acids is 1. The van der Waals surface area contributed by atoms with Gasteiger partial charge in [0.2, 0.25) is 10.0 Å². The number of hydrogen-bond donors (Lipinski definition) is 1. The Labute approximate surface area is 121 Å². The van der Waals surface area contributed by atoms with Crippen LogP contribution in [0.5, 0.6) is 0 Å². The van der Waals surface area contributed by atoms with Crippen LogP contribution in [-0.4, -0.2) is 54.4 Å². The average Bonchev–Trinajstić information content (AvgIpc) is 2.97. The number of rotatable bonds is 4. The minimum Gasteiger partial charge on any atom is -0.480 e. The van der Waals surface area contributed by atoms with Crippen LogP contribution >= 0.6 is 0 Å². The maximum absolute atomic E-state index is 12.4. The first-order valence-electron chi connectivity index (χ1n) is 6.17. The Morgan fingerprint density at radius 2 is 2.14 bits per heavy atom. The van der Waals surface area contributed by atoms with Crippen LogP contribution in [0.25, 0.3) is 0 Å². The summed E-state index contributed by atoms with van der Waals surface area (Å²) in [5.74, 6) is -1.85. The minimum atomic E-state index is -3.94. The van der Waals surface area contributed by atoms with Crippen LogP contribution in [0.1, 0.15) is 23.3 Å². The summed E-state index contributed by atoms with van der Waals surface area (Å²) in [6.07, 6.45) is 1.80. The van der Waals surface area contributed by atoms with Crippen molar-refractivity contribution in [3.63, 3.8) is 0 Å². The lowest BCUT2D eigenvalue weighted by atomic mass is 10.2. The van der Waals surface area contributed by atoms with Crippen LogP contribution in [0, 0.1) is 0 Å². The van der Waals surface area contributed by atoms with E-state index in [0.29, 0.717) is 6.42 Å². The number of aromatic nitrogens is 1. The van der Waals surface area contributed by atoms with Crippen molar-refractivity contribution >= 4 is 22.0 Å². The molecule has 1 aromatic heterocycles. The number of methoxy groups -OCH3 is 1. The monoisotopic (exact) mass is 314 g/mol. The third-order valence-corrected chi connectivity index (χ3v) is 5.12. The second-order valence-electron chi connectivity index (χ2n) is 4.48. The summed E-state index contributed by atoms with van der Waals surface area (Å²) in [6, 6.07) is 1.38. The van der Waals surface area contributed by atoms with E-state index in [4.69, 9.17) is 5.11 Å². The molecular weight excluding hydrogens is 300 g/mol. The third-order valence-electron chi connectivity index (χ3n) is 3.23. The Morgan fingerprint density at radius 3 is 2.67 bits per heavy atom. The fraction of sp³-hybridized carbons (Fsp3) is 0.417. The van der Waals surface area contributed by atoms with E-state index in [1.165, 1.54) is 19.2 Å². The van der Waals surface area contributed by atoms with E-state index in [2.05, 4.69) is 9.72 Å². The predicted molar refractivity (Wildman–Crippen MR) is 70.1 cm³/mol. The summed E-state index contributed by atoms with van der Waals surface area (Å²) in [5.41, 5.74) is -0.0207. The van der Waals surface area contributed by atoms with Crippen molar-refractivity contribution in [1.29, 1.82) is 0 Å². The van der Waals surface area contributed by atoms with Gasteiger partial charge in [-0.1, -0.05) is 0 Å². The molecule has 1 N–H and O–H groups in total. The number of aliphatic carboxylic acids is 1. The summed E-state index contributed by atoms with van der Waals surface area (Å²) >= 11 is 0. The number of carboxylic acids is 1. The Kier molecular flexibility index (Phi) is 4.24. The molecule has 1 aliphatic rings. The second kappa shape index (κ2) is 5.78. The van der Waals surface area contributed by atoms with Crippen molar-refractivity contribution in [3.8, 4) is 0 Å². The molecule has 0 radical (unpaired) electrons. The second-order valence-corrected chi connectivity index (χ2v) is 6.37. The highest BCUT2D eigenvalue weighted by Gasteiger charge is 2.39. The molecule has 21 heavy (non-hydrogen) atoms. The average molecular weight is 314 g/mol. The van der Waals surface area contributed by atoms with E-state index >= 15 is 0 Å². The van der Waals surface area contributed by atoms with Gasteiger partial charge >= 0.3 is 11.9 Å². The lowest BCUT2D eigenvalue weighted by Crippen LogP contribution is -2.40. The van der Waals surface area contributed by atoms with Crippen LogP contribution in [0.4, 0.5) is 0 Å². The summed E-state index contributed by atoms with van der Waals surface area (Å²) < 4.78 is 30.2. The molecule has 1 aliphatic heterocycles.